The molecule has 1 aromatic rings. The summed E-state index contributed by atoms with van der Waals surface area (Å²) in [5.41, 5.74) is 0. The fourth-order valence-corrected chi connectivity index (χ4v) is 3.11. The Morgan fingerprint density at radius 2 is 2.38 bits per heavy atom. The average Bonchev–Trinajstić information content (AvgIpc) is 2.65. The van der Waals surface area contributed by atoms with Crippen LogP contribution in [-0.2, 0) is 6.54 Å². The Hall–Kier alpha value is -0.230. The van der Waals surface area contributed by atoms with Gasteiger partial charge in [0.15, 0.2) is 0 Å². The molecule has 0 saturated carbocycles. The van der Waals surface area contributed by atoms with Crippen molar-refractivity contribution < 1.29 is 5.11 Å². The summed E-state index contributed by atoms with van der Waals surface area (Å²) in [6.45, 7) is 3.30. The van der Waals surface area contributed by atoms with Gasteiger partial charge in [0.25, 0.3) is 0 Å². The summed E-state index contributed by atoms with van der Waals surface area (Å²) in [5, 5.41) is 17.8. The van der Waals surface area contributed by atoms with Crippen LogP contribution in [0.2, 0.25) is 4.47 Å². The van der Waals surface area contributed by atoms with Gasteiger partial charge in [-0.05, 0) is 43.3 Å². The first-order chi connectivity index (χ1) is 7.78. The van der Waals surface area contributed by atoms with Gasteiger partial charge in [0.05, 0.1) is 6.54 Å². The van der Waals surface area contributed by atoms with E-state index in [2.05, 4.69) is 15.1 Å². The van der Waals surface area contributed by atoms with Gasteiger partial charge in [-0.3, -0.25) is 4.90 Å². The molecule has 6 heteroatoms. The normalized spacial score (nSPS) is 22.5. The Labute approximate surface area is 104 Å². The van der Waals surface area contributed by atoms with Crippen LogP contribution in [0.5, 0.6) is 0 Å². The first kappa shape index (κ1) is 12.2. The summed E-state index contributed by atoms with van der Waals surface area (Å²) >= 11 is 7.20. The Balaban J connectivity index is 1.85. The first-order valence-corrected chi connectivity index (χ1v) is 6.78. The molecule has 0 spiro atoms. The van der Waals surface area contributed by atoms with Gasteiger partial charge in [-0.25, -0.2) is 0 Å². The van der Waals surface area contributed by atoms with Gasteiger partial charge < -0.3 is 5.11 Å². The maximum Gasteiger partial charge on any atom is 0.207 e. The highest BCUT2D eigenvalue weighted by Gasteiger charge is 2.20. The van der Waals surface area contributed by atoms with Crippen LogP contribution in [-0.4, -0.2) is 39.9 Å². The van der Waals surface area contributed by atoms with Crippen LogP contribution in [0.1, 0.15) is 24.3 Å². The summed E-state index contributed by atoms with van der Waals surface area (Å²) in [7, 11) is 0. The molecule has 1 aromatic heterocycles. The monoisotopic (exact) mass is 261 g/mol. The summed E-state index contributed by atoms with van der Waals surface area (Å²) in [6, 6.07) is 0. The fourth-order valence-electron chi connectivity index (χ4n) is 2.20. The van der Waals surface area contributed by atoms with Crippen LogP contribution in [0.4, 0.5) is 0 Å². The van der Waals surface area contributed by atoms with Crippen molar-refractivity contribution >= 4 is 22.9 Å². The molecule has 90 valence electrons. The van der Waals surface area contributed by atoms with Gasteiger partial charge >= 0.3 is 0 Å². The van der Waals surface area contributed by atoms with Crippen LogP contribution in [0.15, 0.2) is 0 Å². The topological polar surface area (TPSA) is 49.2 Å². The van der Waals surface area contributed by atoms with E-state index in [1.54, 1.807) is 0 Å². The minimum atomic E-state index is 0.295. The Morgan fingerprint density at radius 3 is 3.06 bits per heavy atom. The number of piperidine rings is 1. The molecule has 1 unspecified atom stereocenters. The molecule has 1 N–H and O–H groups in total. The van der Waals surface area contributed by atoms with Crippen molar-refractivity contribution in [2.24, 2.45) is 5.92 Å². The Morgan fingerprint density at radius 1 is 1.50 bits per heavy atom. The van der Waals surface area contributed by atoms with E-state index >= 15 is 0 Å². The number of hydrogen-bond donors (Lipinski definition) is 1. The lowest BCUT2D eigenvalue weighted by Gasteiger charge is -2.31. The maximum atomic E-state index is 8.94. The molecule has 2 heterocycles. The van der Waals surface area contributed by atoms with Crippen molar-refractivity contribution in [2.75, 3.05) is 19.7 Å². The number of rotatable bonds is 4. The highest BCUT2D eigenvalue weighted by atomic mass is 35.5. The van der Waals surface area contributed by atoms with Crippen LogP contribution < -0.4 is 0 Å². The van der Waals surface area contributed by atoms with Crippen molar-refractivity contribution in [2.45, 2.75) is 25.8 Å². The fraction of sp³-hybridized carbons (Fsp3) is 0.800. The predicted octanol–water partition coefficient (Wildman–Crippen LogP) is 1.79. The third-order valence-electron chi connectivity index (χ3n) is 2.94. The largest absolute Gasteiger partial charge is 0.396 e. The van der Waals surface area contributed by atoms with Crippen LogP contribution in [0.3, 0.4) is 0 Å². The molecule has 4 nitrogen and oxygen atoms in total. The van der Waals surface area contributed by atoms with Crippen molar-refractivity contribution in [1.29, 1.82) is 0 Å². The van der Waals surface area contributed by atoms with E-state index in [4.69, 9.17) is 16.7 Å². The molecule has 1 aliphatic heterocycles. The zero-order valence-corrected chi connectivity index (χ0v) is 10.7. The van der Waals surface area contributed by atoms with Crippen molar-refractivity contribution in [3.05, 3.63) is 9.47 Å². The molecule has 2 rings (SSSR count). The molecule has 0 radical (unpaired) electrons. The molecule has 0 bridgehead atoms. The van der Waals surface area contributed by atoms with E-state index in [1.807, 2.05) is 0 Å². The molecule has 0 aliphatic carbocycles. The minimum Gasteiger partial charge on any atom is -0.396 e. The van der Waals surface area contributed by atoms with Gasteiger partial charge in [0, 0.05) is 13.2 Å². The SMILES string of the molecule is OCCC1CCCN(Cc2nnc(Cl)s2)C1. The maximum absolute atomic E-state index is 8.94. The summed E-state index contributed by atoms with van der Waals surface area (Å²) in [6.07, 6.45) is 3.35. The molecule has 0 aromatic carbocycles. The summed E-state index contributed by atoms with van der Waals surface area (Å²) < 4.78 is 0.513. The number of hydrogen-bond acceptors (Lipinski definition) is 5. The van der Waals surface area contributed by atoms with E-state index < -0.39 is 0 Å². The predicted molar refractivity (Wildman–Crippen MR) is 64.6 cm³/mol. The Kier molecular flexibility index (Phi) is 4.52. The van der Waals surface area contributed by atoms with Crippen molar-refractivity contribution in [1.82, 2.24) is 15.1 Å². The molecule has 1 fully saturated rings. The molecule has 1 atom stereocenters. The average molecular weight is 262 g/mol. The second-order valence-electron chi connectivity index (χ2n) is 4.20. The summed E-state index contributed by atoms with van der Waals surface area (Å²) in [5.74, 6) is 0.627. The molecule has 1 saturated heterocycles. The highest BCUT2D eigenvalue weighted by Crippen LogP contribution is 2.22. The lowest BCUT2D eigenvalue weighted by atomic mass is 9.95. The second kappa shape index (κ2) is 5.91. The zero-order valence-electron chi connectivity index (χ0n) is 9.10. The van der Waals surface area contributed by atoms with E-state index in [0.29, 0.717) is 17.0 Å². The van der Waals surface area contributed by atoms with Gasteiger partial charge in [-0.1, -0.05) is 11.3 Å². The van der Waals surface area contributed by atoms with Gasteiger partial charge in [0.2, 0.25) is 4.47 Å². The minimum absolute atomic E-state index is 0.295. The molecular weight excluding hydrogens is 246 g/mol. The number of aliphatic hydroxyl groups excluding tert-OH is 1. The van der Waals surface area contributed by atoms with Crippen molar-refractivity contribution in [3.63, 3.8) is 0 Å². The zero-order chi connectivity index (χ0) is 11.4. The van der Waals surface area contributed by atoms with Gasteiger partial charge in [0.1, 0.15) is 5.01 Å². The Bertz CT molecular complexity index is 332. The number of likely N-dealkylation sites (tertiary alicyclic amines) is 1. The van der Waals surface area contributed by atoms with Gasteiger partial charge in [-0.15, -0.1) is 10.2 Å². The number of aromatic nitrogens is 2. The number of nitrogens with zero attached hydrogens (tertiary/aromatic N) is 3. The number of halogens is 1. The lowest BCUT2D eigenvalue weighted by Crippen LogP contribution is -2.35. The van der Waals surface area contributed by atoms with Crippen LogP contribution >= 0.6 is 22.9 Å². The second-order valence-corrected chi connectivity index (χ2v) is 5.85. The lowest BCUT2D eigenvalue weighted by molar-refractivity contribution is 0.142. The molecule has 0 amide bonds. The quantitative estimate of drug-likeness (QED) is 0.898. The van der Waals surface area contributed by atoms with Crippen LogP contribution in [0.25, 0.3) is 0 Å². The van der Waals surface area contributed by atoms with E-state index in [-0.39, 0.29) is 0 Å². The summed E-state index contributed by atoms with van der Waals surface area (Å²) in [4.78, 5) is 2.38. The van der Waals surface area contributed by atoms with E-state index in [0.717, 1.165) is 31.1 Å². The molecule has 16 heavy (non-hydrogen) atoms. The van der Waals surface area contributed by atoms with E-state index in [9.17, 15) is 0 Å². The molecular formula is C10H16ClN3OS. The first-order valence-electron chi connectivity index (χ1n) is 5.59. The smallest absolute Gasteiger partial charge is 0.207 e. The standard InChI is InChI=1S/C10H16ClN3OS/c11-10-13-12-9(16-10)7-14-4-1-2-8(6-14)3-5-15/h8,15H,1-7H2. The van der Waals surface area contributed by atoms with Gasteiger partial charge in [-0.2, -0.15) is 0 Å². The third kappa shape index (κ3) is 3.38. The number of aliphatic hydroxyl groups is 1. The van der Waals surface area contributed by atoms with Crippen LogP contribution in [0, 0.1) is 5.92 Å². The van der Waals surface area contributed by atoms with E-state index in [1.165, 1.54) is 24.2 Å². The third-order valence-corrected chi connectivity index (χ3v) is 3.95. The van der Waals surface area contributed by atoms with Crippen molar-refractivity contribution in [3.8, 4) is 0 Å². The highest BCUT2D eigenvalue weighted by molar-refractivity contribution is 7.15. The molecule has 1 aliphatic rings.